The molecule has 1 aliphatic rings. The van der Waals surface area contributed by atoms with E-state index in [2.05, 4.69) is 53.5 Å². The number of fused-ring (bicyclic) bond motifs is 1. The molecule has 3 aromatic rings. The van der Waals surface area contributed by atoms with Gasteiger partial charge in [-0.2, -0.15) is 0 Å². The monoisotopic (exact) mass is 448 g/mol. The molecule has 0 aliphatic heterocycles. The molecule has 1 fully saturated rings. The maximum atomic E-state index is 13.4. The van der Waals surface area contributed by atoms with Crippen LogP contribution in [0.5, 0.6) is 5.75 Å². The Morgan fingerprint density at radius 3 is 2.62 bits per heavy atom. The molecule has 0 unspecified atom stereocenters. The summed E-state index contributed by atoms with van der Waals surface area (Å²) in [5.41, 5.74) is 2.58. The fourth-order valence-corrected chi connectivity index (χ4v) is 4.83. The first kappa shape index (κ1) is 22.7. The number of carbonyl (C=O) groups excluding carboxylic acids is 1. The van der Waals surface area contributed by atoms with Crippen LogP contribution in [0.3, 0.4) is 0 Å². The summed E-state index contributed by atoms with van der Waals surface area (Å²) in [6.45, 7) is 5.57. The first-order valence-electron chi connectivity index (χ1n) is 11.3. The van der Waals surface area contributed by atoms with Gasteiger partial charge in [0.05, 0.1) is 5.54 Å². The third kappa shape index (κ3) is 4.94. The van der Waals surface area contributed by atoms with Crippen LogP contribution in [0.2, 0.25) is 0 Å². The number of hydrogen-bond acceptors (Lipinski definition) is 4. The average molecular weight is 449 g/mol. The molecule has 1 N–H and O–H groups in total. The Hall–Kier alpha value is -2.50. The smallest absolute Gasteiger partial charge is 0.252 e. The second-order valence-electron chi connectivity index (χ2n) is 8.79. The second kappa shape index (κ2) is 9.55. The molecule has 168 valence electrons. The number of hydrogen-bond donors (Lipinski definition) is 1. The fraction of sp³-hybridized carbons (Fsp3) is 0.370. The van der Waals surface area contributed by atoms with Gasteiger partial charge in [-0.25, -0.2) is 0 Å². The lowest BCUT2D eigenvalue weighted by molar-refractivity contribution is 0.0930. The Morgan fingerprint density at radius 2 is 1.91 bits per heavy atom. The van der Waals surface area contributed by atoms with Crippen molar-refractivity contribution in [3.63, 3.8) is 0 Å². The second-order valence-corrected chi connectivity index (χ2v) is 10.1. The Kier molecular flexibility index (Phi) is 6.77. The predicted octanol–water partition coefficient (Wildman–Crippen LogP) is 5.62. The van der Waals surface area contributed by atoms with E-state index in [1.807, 2.05) is 51.0 Å². The number of benzene rings is 3. The molecule has 0 atom stereocenters. The van der Waals surface area contributed by atoms with Gasteiger partial charge in [-0.05, 0) is 85.8 Å². The molecule has 0 bridgehead atoms. The lowest BCUT2D eigenvalue weighted by atomic mass is 9.96. The standard InChI is InChI=1S/C27H32N2O2S/c1-5-32-22-16-20-8-6-7-9-23(20)25(18-22)27(12-13-27)28-26(30)24-17-21(11-10-19(24)2)31-15-14-29(3)4/h6-11,16-18H,5,12-15H2,1-4H3,(H,28,30). The number of nitrogens with one attached hydrogen (secondary N) is 1. The first-order valence-corrected chi connectivity index (χ1v) is 12.3. The molecule has 4 rings (SSSR count). The van der Waals surface area contributed by atoms with E-state index in [0.717, 1.165) is 36.5 Å². The predicted molar refractivity (Wildman–Crippen MR) is 134 cm³/mol. The summed E-state index contributed by atoms with van der Waals surface area (Å²) in [4.78, 5) is 16.7. The van der Waals surface area contributed by atoms with Crippen LogP contribution in [0.4, 0.5) is 0 Å². The van der Waals surface area contributed by atoms with Crippen molar-refractivity contribution in [2.75, 3.05) is 33.0 Å². The molecule has 0 radical (unpaired) electrons. The van der Waals surface area contributed by atoms with E-state index < -0.39 is 0 Å². The van der Waals surface area contributed by atoms with Crippen LogP contribution in [0.25, 0.3) is 10.8 Å². The maximum absolute atomic E-state index is 13.4. The molecule has 5 heteroatoms. The van der Waals surface area contributed by atoms with Crippen LogP contribution in [0.1, 0.15) is 41.3 Å². The van der Waals surface area contributed by atoms with Crippen LogP contribution in [-0.2, 0) is 5.54 Å². The van der Waals surface area contributed by atoms with Gasteiger partial charge in [0.25, 0.3) is 5.91 Å². The zero-order chi connectivity index (χ0) is 22.7. The Labute approximate surface area is 195 Å². The Bertz CT molecular complexity index is 1120. The van der Waals surface area contributed by atoms with Crippen molar-refractivity contribution in [2.24, 2.45) is 0 Å². The zero-order valence-electron chi connectivity index (χ0n) is 19.4. The van der Waals surface area contributed by atoms with E-state index in [1.165, 1.54) is 21.2 Å². The van der Waals surface area contributed by atoms with Crippen molar-refractivity contribution in [2.45, 2.75) is 37.1 Å². The molecule has 1 saturated carbocycles. The summed E-state index contributed by atoms with van der Waals surface area (Å²) in [5, 5.41) is 5.85. The number of likely N-dealkylation sites (N-methyl/N-ethyl adjacent to an activating group) is 1. The minimum Gasteiger partial charge on any atom is -0.492 e. The van der Waals surface area contributed by atoms with Gasteiger partial charge in [0.1, 0.15) is 12.4 Å². The summed E-state index contributed by atoms with van der Waals surface area (Å²) in [6.07, 6.45) is 1.92. The molecular weight excluding hydrogens is 416 g/mol. The normalized spacial score (nSPS) is 14.5. The van der Waals surface area contributed by atoms with Crippen LogP contribution in [-0.4, -0.2) is 43.8 Å². The zero-order valence-corrected chi connectivity index (χ0v) is 20.2. The van der Waals surface area contributed by atoms with Crippen molar-refractivity contribution in [1.29, 1.82) is 0 Å². The van der Waals surface area contributed by atoms with Crippen LogP contribution >= 0.6 is 11.8 Å². The highest BCUT2D eigenvalue weighted by molar-refractivity contribution is 7.99. The number of thioether (sulfide) groups is 1. The van der Waals surface area contributed by atoms with Gasteiger partial charge < -0.3 is 15.0 Å². The quantitative estimate of drug-likeness (QED) is 0.432. The fourth-order valence-electron chi connectivity index (χ4n) is 4.08. The van der Waals surface area contributed by atoms with E-state index in [1.54, 1.807) is 0 Å². The van der Waals surface area contributed by atoms with Gasteiger partial charge >= 0.3 is 0 Å². The molecular formula is C27H32N2O2S. The van der Waals surface area contributed by atoms with Gasteiger partial charge in [0, 0.05) is 17.0 Å². The number of amides is 1. The highest BCUT2D eigenvalue weighted by atomic mass is 32.2. The van der Waals surface area contributed by atoms with Gasteiger partial charge in [-0.1, -0.05) is 37.3 Å². The van der Waals surface area contributed by atoms with E-state index in [0.29, 0.717) is 12.2 Å². The minimum absolute atomic E-state index is 0.0318. The average Bonchev–Trinajstić information content (AvgIpc) is 3.54. The summed E-state index contributed by atoms with van der Waals surface area (Å²) in [7, 11) is 4.04. The molecule has 0 saturated heterocycles. The minimum atomic E-state index is -0.296. The van der Waals surface area contributed by atoms with E-state index >= 15 is 0 Å². The Balaban J connectivity index is 1.60. The van der Waals surface area contributed by atoms with Gasteiger partial charge in [0.2, 0.25) is 0 Å². The molecule has 4 nitrogen and oxygen atoms in total. The molecule has 3 aromatic carbocycles. The van der Waals surface area contributed by atoms with E-state index in [9.17, 15) is 4.79 Å². The number of aryl methyl sites for hydroxylation is 1. The lowest BCUT2D eigenvalue weighted by Crippen LogP contribution is -2.35. The number of rotatable bonds is 9. The molecule has 1 amide bonds. The number of nitrogens with zero attached hydrogens (tertiary/aromatic N) is 1. The van der Waals surface area contributed by atoms with Crippen molar-refractivity contribution in [3.05, 3.63) is 71.3 Å². The summed E-state index contributed by atoms with van der Waals surface area (Å²) < 4.78 is 5.87. The lowest BCUT2D eigenvalue weighted by Gasteiger charge is -2.22. The summed E-state index contributed by atoms with van der Waals surface area (Å²) >= 11 is 1.84. The molecule has 0 spiro atoms. The highest BCUT2D eigenvalue weighted by Crippen LogP contribution is 2.49. The molecule has 1 aliphatic carbocycles. The van der Waals surface area contributed by atoms with Gasteiger partial charge in [-0.3, -0.25) is 4.79 Å². The first-order chi connectivity index (χ1) is 15.4. The Morgan fingerprint density at radius 1 is 1.12 bits per heavy atom. The topological polar surface area (TPSA) is 41.6 Å². The van der Waals surface area contributed by atoms with Crippen LogP contribution < -0.4 is 10.1 Å². The van der Waals surface area contributed by atoms with Crippen molar-refractivity contribution < 1.29 is 9.53 Å². The third-order valence-corrected chi connectivity index (χ3v) is 6.88. The largest absolute Gasteiger partial charge is 0.492 e. The SMILES string of the molecule is CCSc1cc(C2(NC(=O)c3cc(OCCN(C)C)ccc3C)CC2)c2ccccc2c1. The molecule has 0 heterocycles. The summed E-state index contributed by atoms with van der Waals surface area (Å²) in [5.74, 6) is 1.73. The van der Waals surface area contributed by atoms with Gasteiger partial charge in [0.15, 0.2) is 0 Å². The maximum Gasteiger partial charge on any atom is 0.252 e. The molecule has 0 aromatic heterocycles. The van der Waals surface area contributed by atoms with Crippen molar-refractivity contribution in [1.82, 2.24) is 10.2 Å². The van der Waals surface area contributed by atoms with Crippen LogP contribution in [0.15, 0.2) is 59.5 Å². The molecule has 32 heavy (non-hydrogen) atoms. The van der Waals surface area contributed by atoms with Gasteiger partial charge in [-0.15, -0.1) is 11.8 Å². The van der Waals surface area contributed by atoms with E-state index in [4.69, 9.17) is 4.74 Å². The number of ether oxygens (including phenoxy) is 1. The number of carbonyl (C=O) groups is 1. The highest BCUT2D eigenvalue weighted by Gasteiger charge is 2.47. The van der Waals surface area contributed by atoms with Crippen molar-refractivity contribution in [3.8, 4) is 5.75 Å². The van der Waals surface area contributed by atoms with Crippen LogP contribution in [0, 0.1) is 6.92 Å². The summed E-state index contributed by atoms with van der Waals surface area (Å²) in [6, 6.07) is 18.8. The van der Waals surface area contributed by atoms with Crippen molar-refractivity contribution >= 4 is 28.4 Å². The third-order valence-electron chi connectivity index (χ3n) is 6.03. The van der Waals surface area contributed by atoms with E-state index in [-0.39, 0.29) is 11.4 Å².